The second kappa shape index (κ2) is 6.70. The van der Waals surface area contributed by atoms with Gasteiger partial charge in [-0.25, -0.2) is 0 Å². The van der Waals surface area contributed by atoms with Crippen LogP contribution in [0, 0.1) is 0 Å². The van der Waals surface area contributed by atoms with Gasteiger partial charge in [-0.1, -0.05) is 29.3 Å². The van der Waals surface area contributed by atoms with Crippen LogP contribution in [-0.2, 0) is 4.79 Å². The molecule has 110 valence electrons. The number of amides is 1. The van der Waals surface area contributed by atoms with E-state index < -0.39 is 0 Å². The Bertz CT molecular complexity index is 662. The Balaban J connectivity index is 2.04. The zero-order chi connectivity index (χ0) is 15.4. The Kier molecular flexibility index (Phi) is 4.94. The Morgan fingerprint density at radius 3 is 2.62 bits per heavy atom. The number of nitrogen functional groups attached to an aromatic ring is 1. The van der Waals surface area contributed by atoms with Crippen LogP contribution >= 0.6 is 23.2 Å². The van der Waals surface area contributed by atoms with Gasteiger partial charge in [0.1, 0.15) is 5.75 Å². The molecule has 0 radical (unpaired) electrons. The quantitative estimate of drug-likeness (QED) is 0.874. The zero-order valence-electron chi connectivity index (χ0n) is 11.3. The Hall–Kier alpha value is -1.91. The van der Waals surface area contributed by atoms with Crippen LogP contribution in [0.15, 0.2) is 42.5 Å². The highest BCUT2D eigenvalue weighted by Gasteiger charge is 2.14. The van der Waals surface area contributed by atoms with Gasteiger partial charge in [-0.2, -0.15) is 0 Å². The lowest BCUT2D eigenvalue weighted by atomic mass is 10.2. The third-order valence-corrected chi connectivity index (χ3v) is 3.36. The molecule has 0 heterocycles. The number of nitrogens with two attached hydrogens (primary N) is 1. The SMILES string of the molecule is CN(C(=O)COc1cccc(Cl)c1)c1cc(Cl)ccc1N. The van der Waals surface area contributed by atoms with Crippen molar-refractivity contribution in [2.45, 2.75) is 0 Å². The lowest BCUT2D eigenvalue weighted by Gasteiger charge is -2.19. The summed E-state index contributed by atoms with van der Waals surface area (Å²) in [6, 6.07) is 11.8. The van der Waals surface area contributed by atoms with Gasteiger partial charge in [0, 0.05) is 17.1 Å². The smallest absolute Gasteiger partial charge is 0.264 e. The zero-order valence-corrected chi connectivity index (χ0v) is 12.9. The van der Waals surface area contributed by atoms with Gasteiger partial charge in [0.05, 0.1) is 11.4 Å². The number of hydrogen-bond acceptors (Lipinski definition) is 3. The average molecular weight is 325 g/mol. The molecule has 0 saturated carbocycles. The molecule has 1 amide bonds. The molecule has 6 heteroatoms. The molecule has 2 aromatic rings. The van der Waals surface area contributed by atoms with Gasteiger partial charge < -0.3 is 15.4 Å². The van der Waals surface area contributed by atoms with Crippen molar-refractivity contribution >= 4 is 40.5 Å². The molecule has 0 aromatic heterocycles. The van der Waals surface area contributed by atoms with Crippen molar-refractivity contribution in [1.29, 1.82) is 0 Å². The first-order chi connectivity index (χ1) is 9.97. The fourth-order valence-electron chi connectivity index (χ4n) is 1.74. The number of ether oxygens (including phenoxy) is 1. The van der Waals surface area contributed by atoms with Crippen molar-refractivity contribution in [3.63, 3.8) is 0 Å². The third kappa shape index (κ3) is 4.03. The molecule has 0 spiro atoms. The normalized spacial score (nSPS) is 10.2. The largest absolute Gasteiger partial charge is 0.484 e. The minimum Gasteiger partial charge on any atom is -0.484 e. The van der Waals surface area contributed by atoms with Crippen LogP contribution in [0.25, 0.3) is 0 Å². The number of benzene rings is 2. The fourth-order valence-corrected chi connectivity index (χ4v) is 2.09. The summed E-state index contributed by atoms with van der Waals surface area (Å²) >= 11 is 11.8. The summed E-state index contributed by atoms with van der Waals surface area (Å²) < 4.78 is 5.41. The standard InChI is InChI=1S/C15H14Cl2N2O2/c1-19(14-8-11(17)5-6-13(14)18)15(20)9-21-12-4-2-3-10(16)7-12/h2-8H,9,18H2,1H3. The lowest BCUT2D eigenvalue weighted by Crippen LogP contribution is -2.31. The van der Waals surface area contributed by atoms with E-state index in [2.05, 4.69) is 0 Å². The van der Waals surface area contributed by atoms with Gasteiger partial charge in [0.25, 0.3) is 5.91 Å². The summed E-state index contributed by atoms with van der Waals surface area (Å²) in [5.74, 6) is 0.284. The Morgan fingerprint density at radius 2 is 1.90 bits per heavy atom. The predicted octanol–water partition coefficient (Wildman–Crippen LogP) is 3.62. The lowest BCUT2D eigenvalue weighted by molar-refractivity contribution is -0.120. The van der Waals surface area contributed by atoms with E-state index in [1.165, 1.54) is 4.90 Å². The van der Waals surface area contributed by atoms with Crippen LogP contribution in [-0.4, -0.2) is 19.6 Å². The number of hydrogen-bond donors (Lipinski definition) is 1. The van der Waals surface area contributed by atoms with Crippen LogP contribution in [0.1, 0.15) is 0 Å². The molecule has 0 aliphatic rings. The Labute approximate surface area is 133 Å². The summed E-state index contributed by atoms with van der Waals surface area (Å²) in [4.78, 5) is 13.5. The van der Waals surface area contributed by atoms with Crippen LogP contribution in [0.4, 0.5) is 11.4 Å². The number of halogens is 2. The van der Waals surface area contributed by atoms with Crippen molar-refractivity contribution in [2.24, 2.45) is 0 Å². The second-order valence-electron chi connectivity index (χ2n) is 4.40. The van der Waals surface area contributed by atoms with E-state index in [-0.39, 0.29) is 12.5 Å². The fraction of sp³-hybridized carbons (Fsp3) is 0.133. The molecule has 0 fully saturated rings. The molecule has 0 saturated heterocycles. The van der Waals surface area contributed by atoms with Crippen molar-refractivity contribution in [3.8, 4) is 5.75 Å². The van der Waals surface area contributed by atoms with E-state index in [1.807, 2.05) is 0 Å². The van der Waals surface area contributed by atoms with Crippen LogP contribution in [0.3, 0.4) is 0 Å². The highest BCUT2D eigenvalue weighted by molar-refractivity contribution is 6.31. The molecule has 0 bridgehead atoms. The number of likely N-dealkylation sites (N-methyl/N-ethyl adjacent to an activating group) is 1. The van der Waals surface area contributed by atoms with Gasteiger partial charge in [-0.3, -0.25) is 4.79 Å². The first kappa shape index (κ1) is 15.5. The summed E-state index contributed by atoms with van der Waals surface area (Å²) in [6.07, 6.45) is 0. The maximum atomic E-state index is 12.1. The van der Waals surface area contributed by atoms with Gasteiger partial charge in [0.2, 0.25) is 0 Å². The van der Waals surface area contributed by atoms with Crippen molar-refractivity contribution in [3.05, 3.63) is 52.5 Å². The van der Waals surface area contributed by atoms with Crippen molar-refractivity contribution < 1.29 is 9.53 Å². The topological polar surface area (TPSA) is 55.6 Å². The maximum Gasteiger partial charge on any atom is 0.264 e. The van der Waals surface area contributed by atoms with Gasteiger partial charge in [-0.05, 0) is 36.4 Å². The number of rotatable bonds is 4. The summed E-state index contributed by atoms with van der Waals surface area (Å²) in [6.45, 7) is -0.122. The van der Waals surface area contributed by atoms with Gasteiger partial charge in [-0.15, -0.1) is 0 Å². The van der Waals surface area contributed by atoms with Crippen LogP contribution in [0.5, 0.6) is 5.75 Å². The molecule has 21 heavy (non-hydrogen) atoms. The van der Waals surface area contributed by atoms with Crippen LogP contribution in [0.2, 0.25) is 10.0 Å². The van der Waals surface area contributed by atoms with E-state index in [1.54, 1.807) is 49.5 Å². The van der Waals surface area contributed by atoms with Crippen molar-refractivity contribution in [2.75, 3.05) is 24.3 Å². The number of anilines is 2. The molecular weight excluding hydrogens is 311 g/mol. The Morgan fingerprint density at radius 1 is 1.19 bits per heavy atom. The number of carbonyl (C=O) groups is 1. The molecule has 2 aromatic carbocycles. The average Bonchev–Trinajstić information content (AvgIpc) is 2.46. The highest BCUT2D eigenvalue weighted by atomic mass is 35.5. The molecule has 4 nitrogen and oxygen atoms in total. The third-order valence-electron chi connectivity index (χ3n) is 2.89. The van der Waals surface area contributed by atoms with E-state index in [0.717, 1.165) is 0 Å². The minimum absolute atomic E-state index is 0.122. The highest BCUT2D eigenvalue weighted by Crippen LogP contribution is 2.26. The predicted molar refractivity (Wildman–Crippen MR) is 86.2 cm³/mol. The molecule has 0 unspecified atom stereocenters. The molecule has 2 rings (SSSR count). The monoisotopic (exact) mass is 324 g/mol. The van der Waals surface area contributed by atoms with E-state index >= 15 is 0 Å². The molecule has 0 aliphatic heterocycles. The number of nitrogens with zero attached hydrogens (tertiary/aromatic N) is 1. The van der Waals surface area contributed by atoms with Gasteiger partial charge >= 0.3 is 0 Å². The number of carbonyl (C=O) groups excluding carboxylic acids is 1. The molecular formula is C15H14Cl2N2O2. The summed E-state index contributed by atoms with van der Waals surface area (Å²) in [5.41, 5.74) is 6.86. The van der Waals surface area contributed by atoms with E-state index in [4.69, 9.17) is 33.7 Å². The summed E-state index contributed by atoms with van der Waals surface area (Å²) in [5, 5.41) is 1.06. The molecule has 2 N–H and O–H groups in total. The molecule has 0 atom stereocenters. The second-order valence-corrected chi connectivity index (χ2v) is 5.27. The summed E-state index contributed by atoms with van der Waals surface area (Å²) in [7, 11) is 1.62. The van der Waals surface area contributed by atoms with Crippen LogP contribution < -0.4 is 15.4 Å². The maximum absolute atomic E-state index is 12.1. The minimum atomic E-state index is -0.246. The van der Waals surface area contributed by atoms with Gasteiger partial charge in [0.15, 0.2) is 6.61 Å². The first-order valence-electron chi connectivity index (χ1n) is 6.17. The molecule has 0 aliphatic carbocycles. The van der Waals surface area contributed by atoms with E-state index in [9.17, 15) is 4.79 Å². The van der Waals surface area contributed by atoms with Crippen molar-refractivity contribution in [1.82, 2.24) is 0 Å². The van der Waals surface area contributed by atoms with E-state index in [0.29, 0.717) is 27.2 Å². The first-order valence-corrected chi connectivity index (χ1v) is 6.93.